The maximum absolute atomic E-state index is 5.74. The highest BCUT2D eigenvalue weighted by atomic mass is 16.5. The van der Waals surface area contributed by atoms with E-state index in [2.05, 4.69) is 37.0 Å². The first-order valence-corrected chi connectivity index (χ1v) is 8.31. The summed E-state index contributed by atoms with van der Waals surface area (Å²) in [6.07, 6.45) is 5.05. The van der Waals surface area contributed by atoms with Gasteiger partial charge in [-0.1, -0.05) is 11.8 Å². The summed E-state index contributed by atoms with van der Waals surface area (Å²) in [5.41, 5.74) is 8.76. The van der Waals surface area contributed by atoms with Gasteiger partial charge in [-0.15, -0.1) is 0 Å². The molecule has 0 aliphatic carbocycles. The molecule has 3 N–H and O–H groups in total. The van der Waals surface area contributed by atoms with E-state index in [1.165, 1.54) is 0 Å². The molecular formula is C18H22N6O. The third-order valence-electron chi connectivity index (χ3n) is 3.92. The van der Waals surface area contributed by atoms with Crippen LogP contribution in [0.3, 0.4) is 0 Å². The number of anilines is 2. The van der Waals surface area contributed by atoms with Crippen molar-refractivity contribution in [2.24, 2.45) is 0 Å². The molecule has 1 aliphatic rings. The molecule has 0 atom stereocenters. The number of ether oxygens (including phenoxy) is 1. The van der Waals surface area contributed by atoms with Crippen LogP contribution in [0.4, 0.5) is 11.6 Å². The van der Waals surface area contributed by atoms with E-state index in [9.17, 15) is 0 Å². The van der Waals surface area contributed by atoms with Gasteiger partial charge in [0.2, 0.25) is 5.95 Å². The van der Waals surface area contributed by atoms with Gasteiger partial charge < -0.3 is 15.8 Å². The van der Waals surface area contributed by atoms with E-state index in [-0.39, 0.29) is 0 Å². The van der Waals surface area contributed by atoms with E-state index in [1.807, 2.05) is 13.0 Å². The topological polar surface area (TPSA) is 89.2 Å². The highest BCUT2D eigenvalue weighted by molar-refractivity contribution is 5.50. The summed E-state index contributed by atoms with van der Waals surface area (Å²) < 4.78 is 5.34. The minimum atomic E-state index is 0.603. The van der Waals surface area contributed by atoms with Crippen LogP contribution in [-0.4, -0.2) is 59.2 Å². The number of nitrogens with one attached hydrogen (secondary N) is 1. The molecule has 0 bridgehead atoms. The van der Waals surface area contributed by atoms with Gasteiger partial charge in [-0.2, -0.15) is 0 Å². The number of hydrogen-bond donors (Lipinski definition) is 2. The fraction of sp³-hybridized carbons (Fsp3) is 0.389. The molecule has 25 heavy (non-hydrogen) atoms. The molecule has 3 rings (SSSR count). The predicted molar refractivity (Wildman–Crippen MR) is 97.1 cm³/mol. The van der Waals surface area contributed by atoms with Gasteiger partial charge in [0.1, 0.15) is 0 Å². The Hall–Kier alpha value is -2.69. The fourth-order valence-electron chi connectivity index (χ4n) is 2.45. The molecule has 1 saturated heterocycles. The average molecular weight is 338 g/mol. The zero-order valence-corrected chi connectivity index (χ0v) is 14.3. The number of nitrogens with two attached hydrogens (primary N) is 1. The standard InChI is InChI=1S/C18H22N6O/c1-14-16(10-17(19)13-21-14)3-2-15-11-22-18(23-12-15)20-4-5-24-6-8-25-9-7-24/h10-13H,4-9,19H2,1H3,(H,20,22,23). The van der Waals surface area contributed by atoms with Gasteiger partial charge >= 0.3 is 0 Å². The molecule has 7 heteroatoms. The van der Waals surface area contributed by atoms with Gasteiger partial charge in [0.25, 0.3) is 0 Å². The van der Waals surface area contributed by atoms with Gasteiger partial charge in [-0.05, 0) is 13.0 Å². The zero-order valence-electron chi connectivity index (χ0n) is 14.3. The van der Waals surface area contributed by atoms with Crippen LogP contribution in [0.5, 0.6) is 0 Å². The number of pyridine rings is 1. The van der Waals surface area contributed by atoms with Crippen molar-refractivity contribution in [3.05, 3.63) is 41.5 Å². The monoisotopic (exact) mass is 338 g/mol. The second kappa shape index (κ2) is 8.42. The predicted octanol–water partition coefficient (Wildman–Crippen LogP) is 0.906. The van der Waals surface area contributed by atoms with Crippen LogP contribution in [0.1, 0.15) is 16.8 Å². The summed E-state index contributed by atoms with van der Waals surface area (Å²) in [4.78, 5) is 15.2. The lowest BCUT2D eigenvalue weighted by molar-refractivity contribution is 0.0398. The Morgan fingerprint density at radius 2 is 1.92 bits per heavy atom. The Balaban J connectivity index is 1.53. The normalized spacial score (nSPS) is 14.6. The number of rotatable bonds is 4. The zero-order chi connectivity index (χ0) is 17.5. The van der Waals surface area contributed by atoms with Crippen molar-refractivity contribution in [2.45, 2.75) is 6.92 Å². The van der Waals surface area contributed by atoms with Crippen LogP contribution >= 0.6 is 0 Å². The third kappa shape index (κ3) is 5.14. The van der Waals surface area contributed by atoms with Gasteiger partial charge in [0, 0.05) is 44.1 Å². The Labute approximate surface area is 147 Å². The molecule has 7 nitrogen and oxygen atoms in total. The molecule has 0 radical (unpaired) electrons. The van der Waals surface area contributed by atoms with Crippen LogP contribution < -0.4 is 11.1 Å². The molecular weight excluding hydrogens is 316 g/mol. The van der Waals surface area contributed by atoms with Crippen molar-refractivity contribution in [3.8, 4) is 11.8 Å². The van der Waals surface area contributed by atoms with Crippen LogP contribution in [0.2, 0.25) is 0 Å². The number of aromatic nitrogens is 3. The molecule has 3 heterocycles. The lowest BCUT2D eigenvalue weighted by atomic mass is 10.2. The molecule has 0 amide bonds. The Kier molecular flexibility index (Phi) is 5.77. The van der Waals surface area contributed by atoms with Gasteiger partial charge in [0.05, 0.1) is 36.4 Å². The highest BCUT2D eigenvalue weighted by Crippen LogP contribution is 2.08. The minimum absolute atomic E-state index is 0.603. The lowest BCUT2D eigenvalue weighted by Gasteiger charge is -2.26. The van der Waals surface area contributed by atoms with Crippen LogP contribution in [0, 0.1) is 18.8 Å². The van der Waals surface area contributed by atoms with Crippen LogP contribution in [-0.2, 0) is 4.74 Å². The summed E-state index contributed by atoms with van der Waals surface area (Å²) >= 11 is 0. The number of hydrogen-bond acceptors (Lipinski definition) is 7. The molecule has 1 fully saturated rings. The lowest BCUT2D eigenvalue weighted by Crippen LogP contribution is -2.39. The molecule has 2 aromatic rings. The van der Waals surface area contributed by atoms with Crippen molar-refractivity contribution < 1.29 is 4.74 Å². The van der Waals surface area contributed by atoms with Crippen molar-refractivity contribution in [1.82, 2.24) is 19.9 Å². The van der Waals surface area contributed by atoms with E-state index < -0.39 is 0 Å². The van der Waals surface area contributed by atoms with E-state index >= 15 is 0 Å². The maximum atomic E-state index is 5.74. The first-order valence-electron chi connectivity index (χ1n) is 8.31. The Morgan fingerprint density at radius 1 is 1.16 bits per heavy atom. The third-order valence-corrected chi connectivity index (χ3v) is 3.92. The van der Waals surface area contributed by atoms with E-state index in [0.29, 0.717) is 11.6 Å². The van der Waals surface area contributed by atoms with Crippen molar-refractivity contribution >= 4 is 11.6 Å². The Morgan fingerprint density at radius 3 is 2.68 bits per heavy atom. The number of nitrogen functional groups attached to an aromatic ring is 1. The first-order chi connectivity index (χ1) is 12.2. The number of morpholine rings is 1. The SMILES string of the molecule is Cc1ncc(N)cc1C#Cc1cnc(NCCN2CCOCC2)nc1. The fourth-order valence-corrected chi connectivity index (χ4v) is 2.45. The minimum Gasteiger partial charge on any atom is -0.397 e. The van der Waals surface area contributed by atoms with E-state index in [0.717, 1.165) is 56.2 Å². The smallest absolute Gasteiger partial charge is 0.222 e. The second-order valence-electron chi connectivity index (χ2n) is 5.83. The average Bonchev–Trinajstić information content (AvgIpc) is 2.64. The van der Waals surface area contributed by atoms with Gasteiger partial charge in [0.15, 0.2) is 0 Å². The number of nitrogens with zero attached hydrogens (tertiary/aromatic N) is 4. The molecule has 0 aromatic carbocycles. The summed E-state index contributed by atoms with van der Waals surface area (Å²) in [5.74, 6) is 6.72. The summed E-state index contributed by atoms with van der Waals surface area (Å²) in [6.45, 7) is 7.25. The van der Waals surface area contributed by atoms with E-state index in [1.54, 1.807) is 18.6 Å². The molecule has 0 spiro atoms. The van der Waals surface area contributed by atoms with Crippen molar-refractivity contribution in [1.29, 1.82) is 0 Å². The van der Waals surface area contributed by atoms with Crippen LogP contribution in [0.15, 0.2) is 24.7 Å². The Bertz CT molecular complexity index is 759. The highest BCUT2D eigenvalue weighted by Gasteiger charge is 2.09. The number of aryl methyl sites for hydroxylation is 1. The summed E-state index contributed by atoms with van der Waals surface area (Å²) in [7, 11) is 0. The van der Waals surface area contributed by atoms with Gasteiger partial charge in [-0.3, -0.25) is 9.88 Å². The first kappa shape index (κ1) is 17.1. The largest absolute Gasteiger partial charge is 0.397 e. The molecule has 0 unspecified atom stereocenters. The second-order valence-corrected chi connectivity index (χ2v) is 5.83. The molecule has 2 aromatic heterocycles. The maximum Gasteiger partial charge on any atom is 0.222 e. The van der Waals surface area contributed by atoms with Gasteiger partial charge in [-0.25, -0.2) is 9.97 Å². The van der Waals surface area contributed by atoms with Crippen molar-refractivity contribution in [2.75, 3.05) is 50.4 Å². The summed E-state index contributed by atoms with van der Waals surface area (Å²) in [5, 5.41) is 3.23. The quantitative estimate of drug-likeness (QED) is 0.801. The van der Waals surface area contributed by atoms with Crippen molar-refractivity contribution in [3.63, 3.8) is 0 Å². The van der Waals surface area contributed by atoms with Crippen LogP contribution in [0.25, 0.3) is 0 Å². The van der Waals surface area contributed by atoms with E-state index in [4.69, 9.17) is 10.5 Å². The molecule has 0 saturated carbocycles. The molecule has 130 valence electrons. The molecule has 1 aliphatic heterocycles. The summed E-state index contributed by atoms with van der Waals surface area (Å²) in [6, 6.07) is 1.82.